The molecule has 0 bridgehead atoms. The molecule has 2 aromatic carbocycles. The smallest absolute Gasteiger partial charge is 0.232 e. The summed E-state index contributed by atoms with van der Waals surface area (Å²) in [5, 5.41) is 10.7. The number of hydrogen-bond acceptors (Lipinski definition) is 3. The first-order chi connectivity index (χ1) is 12.5. The second-order valence-corrected chi connectivity index (χ2v) is 6.96. The topological polar surface area (TPSA) is 79.0 Å². The largest absolute Gasteiger partial charge is 0.398 e. The summed E-state index contributed by atoms with van der Waals surface area (Å²) in [6, 6.07) is 11.6. The zero-order chi connectivity index (χ0) is 18.7. The Bertz CT molecular complexity index is 828. The van der Waals surface area contributed by atoms with Crippen molar-refractivity contribution in [2.75, 3.05) is 11.1 Å². The van der Waals surface area contributed by atoms with Crippen molar-refractivity contribution in [3.8, 4) is 0 Å². The highest BCUT2D eigenvalue weighted by Gasteiger charge is 2.33. The summed E-state index contributed by atoms with van der Waals surface area (Å²) in [5.41, 5.74) is 8.34. The van der Waals surface area contributed by atoms with Crippen molar-refractivity contribution in [3.05, 3.63) is 59.4 Å². The number of nitrogens with two attached hydrogens (primary N) is 1. The number of carbonyl (C=O) groups is 1. The van der Waals surface area contributed by atoms with Crippen LogP contribution in [0.1, 0.15) is 49.7 Å². The molecular formula is C21H24FN3O. The van der Waals surface area contributed by atoms with E-state index in [1.807, 2.05) is 0 Å². The number of rotatable bonds is 5. The van der Waals surface area contributed by atoms with Gasteiger partial charge in [0.1, 0.15) is 5.82 Å². The summed E-state index contributed by atoms with van der Waals surface area (Å²) >= 11 is 0. The summed E-state index contributed by atoms with van der Waals surface area (Å²) in [6.07, 6.45) is 4.00. The molecule has 0 aliphatic heterocycles. The van der Waals surface area contributed by atoms with Gasteiger partial charge in [-0.3, -0.25) is 4.79 Å². The van der Waals surface area contributed by atoms with Crippen molar-refractivity contribution in [2.45, 2.75) is 38.5 Å². The van der Waals surface area contributed by atoms with Crippen LogP contribution < -0.4 is 11.1 Å². The molecule has 1 fully saturated rings. The third-order valence-corrected chi connectivity index (χ3v) is 5.12. The van der Waals surface area contributed by atoms with Crippen LogP contribution in [0, 0.1) is 17.1 Å². The molecule has 136 valence electrons. The molecule has 4 nitrogen and oxygen atoms in total. The SMILES string of the molecule is CC(=N)c1cc(NC(=O)C(c2ccccc2F)C2CCCC2)ccc1N. The zero-order valence-electron chi connectivity index (χ0n) is 14.9. The van der Waals surface area contributed by atoms with Crippen LogP contribution >= 0.6 is 0 Å². The lowest BCUT2D eigenvalue weighted by molar-refractivity contribution is -0.118. The van der Waals surface area contributed by atoms with Gasteiger partial charge in [-0.1, -0.05) is 31.0 Å². The molecule has 1 saturated carbocycles. The number of benzene rings is 2. The predicted molar refractivity (Wildman–Crippen MR) is 103 cm³/mol. The first kappa shape index (κ1) is 18.1. The van der Waals surface area contributed by atoms with E-state index in [-0.39, 0.29) is 17.6 Å². The highest BCUT2D eigenvalue weighted by Crippen LogP contribution is 2.39. The molecule has 1 atom stereocenters. The fourth-order valence-corrected chi connectivity index (χ4v) is 3.81. The lowest BCUT2D eigenvalue weighted by atomic mass is 9.83. The molecule has 0 saturated heterocycles. The average Bonchev–Trinajstić information content (AvgIpc) is 3.12. The maximum absolute atomic E-state index is 14.4. The Balaban J connectivity index is 1.90. The number of hydrogen-bond donors (Lipinski definition) is 3. The maximum atomic E-state index is 14.4. The fraction of sp³-hybridized carbons (Fsp3) is 0.333. The lowest BCUT2D eigenvalue weighted by Gasteiger charge is -2.24. The maximum Gasteiger partial charge on any atom is 0.232 e. The van der Waals surface area contributed by atoms with E-state index in [9.17, 15) is 9.18 Å². The Morgan fingerprint density at radius 2 is 1.92 bits per heavy atom. The average molecular weight is 353 g/mol. The molecular weight excluding hydrogens is 329 g/mol. The van der Waals surface area contributed by atoms with E-state index in [1.54, 1.807) is 43.3 Å². The summed E-state index contributed by atoms with van der Waals surface area (Å²) < 4.78 is 14.4. The first-order valence-corrected chi connectivity index (χ1v) is 8.97. The quantitative estimate of drug-likeness (QED) is 0.538. The van der Waals surface area contributed by atoms with Gasteiger partial charge in [-0.05, 0) is 49.9 Å². The number of halogens is 1. The molecule has 0 radical (unpaired) electrons. The lowest BCUT2D eigenvalue weighted by Crippen LogP contribution is -2.27. The minimum absolute atomic E-state index is 0.143. The molecule has 0 aromatic heterocycles. The summed E-state index contributed by atoms with van der Waals surface area (Å²) in [5.74, 6) is -0.918. The standard InChI is InChI=1S/C21H24FN3O/c1-13(23)17-12-15(10-11-19(17)24)25-21(26)20(14-6-2-3-7-14)16-8-4-5-9-18(16)22/h4-5,8-12,14,20,23H,2-3,6-7,24H2,1H3,(H,25,26). The van der Waals surface area contributed by atoms with Crippen molar-refractivity contribution in [3.63, 3.8) is 0 Å². The van der Waals surface area contributed by atoms with Gasteiger partial charge in [0.05, 0.1) is 5.92 Å². The Morgan fingerprint density at radius 1 is 1.23 bits per heavy atom. The highest BCUT2D eigenvalue weighted by atomic mass is 19.1. The van der Waals surface area contributed by atoms with Crippen molar-refractivity contribution in [1.82, 2.24) is 0 Å². The van der Waals surface area contributed by atoms with Crippen molar-refractivity contribution < 1.29 is 9.18 Å². The molecule has 4 N–H and O–H groups in total. The van der Waals surface area contributed by atoms with Crippen LogP contribution in [0.4, 0.5) is 15.8 Å². The van der Waals surface area contributed by atoms with Crippen LogP contribution in [-0.2, 0) is 4.79 Å². The molecule has 0 spiro atoms. The van der Waals surface area contributed by atoms with Gasteiger partial charge < -0.3 is 16.5 Å². The van der Waals surface area contributed by atoms with E-state index < -0.39 is 5.92 Å². The first-order valence-electron chi connectivity index (χ1n) is 8.97. The van der Waals surface area contributed by atoms with Crippen LogP contribution in [0.3, 0.4) is 0 Å². The molecule has 3 rings (SSSR count). The van der Waals surface area contributed by atoms with E-state index in [0.29, 0.717) is 28.2 Å². The number of amides is 1. The van der Waals surface area contributed by atoms with Crippen LogP contribution in [0.5, 0.6) is 0 Å². The number of nitrogen functional groups attached to an aromatic ring is 1. The Labute approximate surface area is 153 Å². The number of anilines is 2. The molecule has 2 aromatic rings. The summed E-state index contributed by atoms with van der Waals surface area (Å²) in [6.45, 7) is 1.65. The van der Waals surface area contributed by atoms with Crippen LogP contribution in [0.15, 0.2) is 42.5 Å². The normalized spacial score (nSPS) is 15.6. The molecule has 1 unspecified atom stereocenters. The minimum Gasteiger partial charge on any atom is -0.398 e. The molecule has 1 aliphatic rings. The van der Waals surface area contributed by atoms with E-state index >= 15 is 0 Å². The van der Waals surface area contributed by atoms with Gasteiger partial charge >= 0.3 is 0 Å². The highest BCUT2D eigenvalue weighted by molar-refractivity contribution is 6.03. The van der Waals surface area contributed by atoms with Gasteiger partial charge in [-0.15, -0.1) is 0 Å². The van der Waals surface area contributed by atoms with E-state index in [2.05, 4.69) is 5.32 Å². The molecule has 1 amide bonds. The van der Waals surface area contributed by atoms with Gasteiger partial charge in [-0.25, -0.2) is 4.39 Å². The van der Waals surface area contributed by atoms with Crippen molar-refractivity contribution >= 4 is 23.0 Å². The number of nitrogens with one attached hydrogen (secondary N) is 2. The van der Waals surface area contributed by atoms with E-state index in [4.69, 9.17) is 11.1 Å². The van der Waals surface area contributed by atoms with E-state index in [0.717, 1.165) is 25.7 Å². The monoisotopic (exact) mass is 353 g/mol. The zero-order valence-corrected chi connectivity index (χ0v) is 14.9. The van der Waals surface area contributed by atoms with Crippen LogP contribution in [-0.4, -0.2) is 11.6 Å². The number of carbonyl (C=O) groups excluding carboxylic acids is 1. The van der Waals surface area contributed by atoms with Crippen molar-refractivity contribution in [2.24, 2.45) is 5.92 Å². The van der Waals surface area contributed by atoms with Crippen LogP contribution in [0.25, 0.3) is 0 Å². The second kappa shape index (κ2) is 7.68. The molecule has 5 heteroatoms. The van der Waals surface area contributed by atoms with Gasteiger partial charge in [0.2, 0.25) is 5.91 Å². The second-order valence-electron chi connectivity index (χ2n) is 6.96. The third-order valence-electron chi connectivity index (χ3n) is 5.12. The van der Waals surface area contributed by atoms with Gasteiger partial charge in [-0.2, -0.15) is 0 Å². The summed E-state index contributed by atoms with van der Waals surface area (Å²) in [4.78, 5) is 13.1. The van der Waals surface area contributed by atoms with Crippen molar-refractivity contribution in [1.29, 1.82) is 5.41 Å². The van der Waals surface area contributed by atoms with Gasteiger partial charge in [0.25, 0.3) is 0 Å². The molecule has 0 heterocycles. The Hall–Kier alpha value is -2.69. The van der Waals surface area contributed by atoms with Gasteiger partial charge in [0, 0.05) is 28.2 Å². The van der Waals surface area contributed by atoms with E-state index in [1.165, 1.54) is 6.07 Å². The summed E-state index contributed by atoms with van der Waals surface area (Å²) in [7, 11) is 0. The fourth-order valence-electron chi connectivity index (χ4n) is 3.81. The van der Waals surface area contributed by atoms with Crippen LogP contribution in [0.2, 0.25) is 0 Å². The Kier molecular flexibility index (Phi) is 5.35. The Morgan fingerprint density at radius 3 is 2.58 bits per heavy atom. The molecule has 1 aliphatic carbocycles. The third kappa shape index (κ3) is 3.77. The molecule has 26 heavy (non-hydrogen) atoms. The van der Waals surface area contributed by atoms with Gasteiger partial charge in [0.15, 0.2) is 0 Å². The predicted octanol–water partition coefficient (Wildman–Crippen LogP) is 4.71. The minimum atomic E-state index is -0.513.